The largest absolute Gasteiger partial charge is 0.416 e. The number of hydrogen-bond donors (Lipinski definition) is 1. The highest BCUT2D eigenvalue weighted by Gasteiger charge is 2.30. The molecule has 0 spiro atoms. The summed E-state index contributed by atoms with van der Waals surface area (Å²) in [4.78, 5) is 25.3. The molecule has 0 saturated carbocycles. The van der Waals surface area contributed by atoms with Gasteiger partial charge < -0.3 is 15.1 Å². The third-order valence-electron chi connectivity index (χ3n) is 5.22. The number of carbonyl (C=O) groups excluding carboxylic acids is 1. The number of rotatable bonds is 5. The Morgan fingerprint density at radius 1 is 0.906 bits per heavy atom. The molecule has 0 aliphatic carbocycles. The van der Waals surface area contributed by atoms with E-state index in [9.17, 15) is 18.0 Å². The minimum Gasteiger partial charge on any atom is -0.368 e. The molecule has 4 rings (SSSR count). The van der Waals surface area contributed by atoms with Crippen LogP contribution >= 0.6 is 0 Å². The molecule has 1 aromatic heterocycles. The Labute approximate surface area is 183 Å². The summed E-state index contributed by atoms with van der Waals surface area (Å²) in [6, 6.07) is 14.9. The van der Waals surface area contributed by atoms with Crippen LogP contribution in [0.25, 0.3) is 0 Å². The zero-order chi connectivity index (χ0) is 22.6. The molecule has 0 atom stereocenters. The van der Waals surface area contributed by atoms with Crippen molar-refractivity contribution in [2.75, 3.05) is 41.3 Å². The molecule has 1 aliphatic rings. The second kappa shape index (κ2) is 9.25. The molecule has 32 heavy (non-hydrogen) atoms. The standard InChI is InChI=1S/C23H22F3N5O/c24-23(25,26)18-6-4-5-17(13-18)14-21(32)29-19-15-27-22(28-16-19)31-11-9-30(10-12-31)20-7-2-1-3-8-20/h1-8,13,15-16H,9-12,14H2,(H,29,32). The second-order valence-electron chi connectivity index (χ2n) is 7.50. The summed E-state index contributed by atoms with van der Waals surface area (Å²) in [6.45, 7) is 3.25. The maximum Gasteiger partial charge on any atom is 0.416 e. The normalized spacial score (nSPS) is 14.3. The Morgan fingerprint density at radius 3 is 2.22 bits per heavy atom. The molecule has 1 aliphatic heterocycles. The van der Waals surface area contributed by atoms with Crippen LogP contribution in [0.4, 0.5) is 30.5 Å². The third kappa shape index (κ3) is 5.35. The number of amides is 1. The number of nitrogens with zero attached hydrogens (tertiary/aromatic N) is 4. The van der Waals surface area contributed by atoms with Gasteiger partial charge in [-0.2, -0.15) is 13.2 Å². The van der Waals surface area contributed by atoms with Gasteiger partial charge >= 0.3 is 6.18 Å². The quantitative estimate of drug-likeness (QED) is 0.649. The lowest BCUT2D eigenvalue weighted by Crippen LogP contribution is -2.47. The van der Waals surface area contributed by atoms with Crippen molar-refractivity contribution >= 4 is 23.2 Å². The third-order valence-corrected chi connectivity index (χ3v) is 5.22. The lowest BCUT2D eigenvalue weighted by atomic mass is 10.1. The number of aromatic nitrogens is 2. The molecule has 1 saturated heterocycles. The van der Waals surface area contributed by atoms with E-state index in [-0.39, 0.29) is 12.0 Å². The smallest absolute Gasteiger partial charge is 0.368 e. The van der Waals surface area contributed by atoms with Gasteiger partial charge in [0.25, 0.3) is 0 Å². The van der Waals surface area contributed by atoms with Crippen molar-refractivity contribution in [3.8, 4) is 0 Å². The van der Waals surface area contributed by atoms with Crippen LogP contribution in [0.3, 0.4) is 0 Å². The summed E-state index contributed by atoms with van der Waals surface area (Å²) < 4.78 is 38.5. The molecule has 1 amide bonds. The molecule has 3 aromatic rings. The molecule has 2 heterocycles. The number of hydrogen-bond acceptors (Lipinski definition) is 5. The predicted molar refractivity (Wildman–Crippen MR) is 117 cm³/mol. The first-order chi connectivity index (χ1) is 15.4. The summed E-state index contributed by atoms with van der Waals surface area (Å²) in [5.74, 6) is 0.144. The van der Waals surface area contributed by atoms with Crippen molar-refractivity contribution in [3.05, 3.63) is 78.1 Å². The highest BCUT2D eigenvalue weighted by atomic mass is 19.4. The van der Waals surface area contributed by atoms with Crippen molar-refractivity contribution in [2.45, 2.75) is 12.6 Å². The van der Waals surface area contributed by atoms with Crippen molar-refractivity contribution < 1.29 is 18.0 Å². The first-order valence-corrected chi connectivity index (χ1v) is 10.2. The molecule has 0 unspecified atom stereocenters. The van der Waals surface area contributed by atoms with E-state index in [1.165, 1.54) is 30.2 Å². The lowest BCUT2D eigenvalue weighted by Gasteiger charge is -2.36. The van der Waals surface area contributed by atoms with Crippen molar-refractivity contribution in [3.63, 3.8) is 0 Å². The minimum atomic E-state index is -4.44. The number of anilines is 3. The fourth-order valence-electron chi connectivity index (χ4n) is 3.60. The number of benzene rings is 2. The van der Waals surface area contributed by atoms with Gasteiger partial charge in [-0.05, 0) is 23.8 Å². The van der Waals surface area contributed by atoms with Gasteiger partial charge in [0.2, 0.25) is 11.9 Å². The van der Waals surface area contributed by atoms with E-state index in [1.54, 1.807) is 0 Å². The molecule has 9 heteroatoms. The van der Waals surface area contributed by atoms with Gasteiger partial charge in [-0.1, -0.05) is 36.4 Å². The number of halogens is 3. The monoisotopic (exact) mass is 441 g/mol. The van der Waals surface area contributed by atoms with Gasteiger partial charge in [-0.3, -0.25) is 4.79 Å². The van der Waals surface area contributed by atoms with E-state index in [0.29, 0.717) is 11.6 Å². The van der Waals surface area contributed by atoms with Crippen LogP contribution in [0.5, 0.6) is 0 Å². The summed E-state index contributed by atoms with van der Waals surface area (Å²) in [5.41, 5.74) is 1.09. The maximum absolute atomic E-state index is 12.8. The van der Waals surface area contributed by atoms with E-state index < -0.39 is 17.6 Å². The molecule has 0 radical (unpaired) electrons. The Morgan fingerprint density at radius 2 is 1.56 bits per heavy atom. The Balaban J connectivity index is 1.31. The van der Waals surface area contributed by atoms with E-state index in [4.69, 9.17) is 0 Å². The molecule has 6 nitrogen and oxygen atoms in total. The molecular weight excluding hydrogens is 419 g/mol. The van der Waals surface area contributed by atoms with E-state index in [1.807, 2.05) is 18.2 Å². The summed E-state index contributed by atoms with van der Waals surface area (Å²) in [5, 5.41) is 2.64. The van der Waals surface area contributed by atoms with Crippen LogP contribution in [-0.4, -0.2) is 42.1 Å². The summed E-state index contributed by atoms with van der Waals surface area (Å²) in [6.07, 6.45) is -1.60. The van der Waals surface area contributed by atoms with Crippen molar-refractivity contribution in [1.82, 2.24) is 9.97 Å². The predicted octanol–water partition coefficient (Wildman–Crippen LogP) is 4.00. The number of nitrogens with one attached hydrogen (secondary N) is 1. The zero-order valence-electron chi connectivity index (χ0n) is 17.2. The van der Waals surface area contributed by atoms with Crippen LogP contribution in [-0.2, 0) is 17.4 Å². The van der Waals surface area contributed by atoms with Gasteiger partial charge in [0.05, 0.1) is 30.1 Å². The van der Waals surface area contributed by atoms with E-state index >= 15 is 0 Å². The van der Waals surface area contributed by atoms with Crippen LogP contribution < -0.4 is 15.1 Å². The number of alkyl halides is 3. The number of para-hydroxylation sites is 1. The molecule has 1 fully saturated rings. The van der Waals surface area contributed by atoms with Gasteiger partial charge in [0.1, 0.15) is 0 Å². The van der Waals surface area contributed by atoms with Gasteiger partial charge in [0, 0.05) is 31.9 Å². The van der Waals surface area contributed by atoms with Gasteiger partial charge in [-0.15, -0.1) is 0 Å². The molecule has 2 aromatic carbocycles. The average molecular weight is 441 g/mol. The molecular formula is C23H22F3N5O. The van der Waals surface area contributed by atoms with Crippen LogP contribution in [0, 0.1) is 0 Å². The van der Waals surface area contributed by atoms with Gasteiger partial charge in [0.15, 0.2) is 0 Å². The SMILES string of the molecule is O=C(Cc1cccc(C(F)(F)F)c1)Nc1cnc(N2CCN(c3ccccc3)CC2)nc1. The fourth-order valence-corrected chi connectivity index (χ4v) is 3.60. The van der Waals surface area contributed by atoms with Crippen molar-refractivity contribution in [2.24, 2.45) is 0 Å². The highest BCUT2D eigenvalue weighted by Crippen LogP contribution is 2.29. The molecule has 1 N–H and O–H groups in total. The summed E-state index contributed by atoms with van der Waals surface area (Å²) >= 11 is 0. The summed E-state index contributed by atoms with van der Waals surface area (Å²) in [7, 11) is 0. The Kier molecular flexibility index (Phi) is 6.25. The van der Waals surface area contributed by atoms with Crippen molar-refractivity contribution in [1.29, 1.82) is 0 Å². The van der Waals surface area contributed by atoms with E-state index in [2.05, 4.69) is 37.2 Å². The topological polar surface area (TPSA) is 61.4 Å². The zero-order valence-corrected chi connectivity index (χ0v) is 17.2. The Hall–Kier alpha value is -3.62. The minimum absolute atomic E-state index is 0.173. The maximum atomic E-state index is 12.8. The van der Waals surface area contributed by atoms with Crippen LogP contribution in [0.2, 0.25) is 0 Å². The van der Waals surface area contributed by atoms with E-state index in [0.717, 1.165) is 38.3 Å². The second-order valence-corrected chi connectivity index (χ2v) is 7.50. The Bertz CT molecular complexity index is 1050. The number of carbonyl (C=O) groups is 1. The first kappa shape index (κ1) is 21.6. The fraction of sp³-hybridized carbons (Fsp3) is 0.261. The lowest BCUT2D eigenvalue weighted by molar-refractivity contribution is -0.137. The first-order valence-electron chi connectivity index (χ1n) is 10.2. The highest BCUT2D eigenvalue weighted by molar-refractivity contribution is 5.92. The van der Waals surface area contributed by atoms with Gasteiger partial charge in [-0.25, -0.2) is 9.97 Å². The average Bonchev–Trinajstić information content (AvgIpc) is 2.80. The molecule has 166 valence electrons. The molecule has 0 bridgehead atoms. The van der Waals surface area contributed by atoms with Crippen LogP contribution in [0.15, 0.2) is 67.0 Å². The number of piperazine rings is 1. The van der Waals surface area contributed by atoms with Crippen LogP contribution in [0.1, 0.15) is 11.1 Å².